The summed E-state index contributed by atoms with van der Waals surface area (Å²) in [7, 11) is 1.81. The van der Waals surface area contributed by atoms with E-state index in [0.717, 1.165) is 10.6 Å². The Morgan fingerprint density at radius 2 is 2.20 bits per heavy atom. The SMILES string of the molecule is CNCC#CC1=c2ccccc2=NC1=O. The largest absolute Gasteiger partial charge is 0.309 e. The van der Waals surface area contributed by atoms with E-state index in [1.54, 1.807) is 0 Å². The third kappa shape index (κ3) is 1.80. The summed E-state index contributed by atoms with van der Waals surface area (Å²) in [4.78, 5) is 15.4. The van der Waals surface area contributed by atoms with Gasteiger partial charge in [-0.05, 0) is 13.1 Å². The first-order valence-corrected chi connectivity index (χ1v) is 4.69. The molecule has 1 N–H and O–H groups in total. The van der Waals surface area contributed by atoms with Gasteiger partial charge in [0.1, 0.15) is 5.57 Å². The second kappa shape index (κ2) is 4.07. The minimum absolute atomic E-state index is 0.236. The Morgan fingerprint density at radius 1 is 1.40 bits per heavy atom. The van der Waals surface area contributed by atoms with Gasteiger partial charge in [-0.25, -0.2) is 4.99 Å². The van der Waals surface area contributed by atoms with Crippen LogP contribution in [0.4, 0.5) is 0 Å². The van der Waals surface area contributed by atoms with Gasteiger partial charge in [-0.15, -0.1) is 0 Å². The van der Waals surface area contributed by atoms with Crippen molar-refractivity contribution in [3.05, 3.63) is 34.8 Å². The van der Waals surface area contributed by atoms with E-state index < -0.39 is 0 Å². The topological polar surface area (TPSA) is 41.5 Å². The standard InChI is InChI=1S/C12H10N2O/c1-13-8-4-6-10-9-5-2-3-7-11(9)14-12(10)15/h2-3,5,7,13H,8H2,1H3. The van der Waals surface area contributed by atoms with Crippen molar-refractivity contribution < 1.29 is 4.79 Å². The van der Waals surface area contributed by atoms with E-state index in [1.165, 1.54) is 0 Å². The van der Waals surface area contributed by atoms with Crippen LogP contribution in [-0.4, -0.2) is 19.5 Å². The first kappa shape index (κ1) is 9.63. The molecule has 1 aromatic carbocycles. The summed E-state index contributed by atoms with van der Waals surface area (Å²) in [5.74, 6) is 5.48. The Labute approximate surface area is 87.5 Å². The van der Waals surface area contributed by atoms with Crippen LogP contribution in [-0.2, 0) is 4.79 Å². The van der Waals surface area contributed by atoms with Crippen LogP contribution in [0.5, 0.6) is 0 Å². The van der Waals surface area contributed by atoms with Crippen LogP contribution in [0, 0.1) is 11.8 Å². The van der Waals surface area contributed by atoms with Gasteiger partial charge in [0, 0.05) is 5.22 Å². The van der Waals surface area contributed by atoms with Gasteiger partial charge in [0.15, 0.2) is 0 Å². The lowest BCUT2D eigenvalue weighted by molar-refractivity contribution is -0.112. The fourth-order valence-electron chi connectivity index (χ4n) is 1.40. The number of amides is 1. The van der Waals surface area contributed by atoms with Crippen LogP contribution in [0.15, 0.2) is 29.3 Å². The van der Waals surface area contributed by atoms with Crippen LogP contribution in [0.3, 0.4) is 0 Å². The van der Waals surface area contributed by atoms with Crippen LogP contribution in [0.25, 0.3) is 5.57 Å². The van der Waals surface area contributed by atoms with E-state index in [9.17, 15) is 4.79 Å². The predicted octanol–water partition coefficient (Wildman–Crippen LogP) is -0.780. The number of para-hydroxylation sites is 1. The molecule has 15 heavy (non-hydrogen) atoms. The summed E-state index contributed by atoms with van der Waals surface area (Å²) in [6.07, 6.45) is 0. The van der Waals surface area contributed by atoms with Gasteiger partial charge in [-0.3, -0.25) is 4.79 Å². The van der Waals surface area contributed by atoms with Gasteiger partial charge in [0.2, 0.25) is 0 Å². The molecular weight excluding hydrogens is 188 g/mol. The molecule has 0 fully saturated rings. The van der Waals surface area contributed by atoms with Crippen LogP contribution in [0.2, 0.25) is 0 Å². The second-order valence-corrected chi connectivity index (χ2v) is 3.14. The number of fused-ring (bicyclic) bond motifs is 1. The summed E-state index contributed by atoms with van der Waals surface area (Å²) in [5.41, 5.74) is 0.501. The minimum atomic E-state index is -0.236. The van der Waals surface area contributed by atoms with Gasteiger partial charge in [0.05, 0.1) is 11.9 Å². The van der Waals surface area contributed by atoms with Crippen molar-refractivity contribution in [1.82, 2.24) is 5.32 Å². The highest BCUT2D eigenvalue weighted by molar-refractivity contribution is 6.20. The quantitative estimate of drug-likeness (QED) is 0.601. The number of carbonyl (C=O) groups excluding carboxylic acids is 1. The number of rotatable bonds is 1. The Morgan fingerprint density at radius 3 is 3.00 bits per heavy atom. The van der Waals surface area contributed by atoms with E-state index in [1.807, 2.05) is 31.3 Å². The molecule has 0 saturated heterocycles. The Bertz CT molecular complexity index is 576. The maximum Gasteiger partial charge on any atom is 0.286 e. The molecule has 1 heterocycles. The van der Waals surface area contributed by atoms with Crippen molar-refractivity contribution in [2.24, 2.45) is 4.99 Å². The summed E-state index contributed by atoms with van der Waals surface area (Å²) < 4.78 is 0. The molecule has 0 radical (unpaired) electrons. The summed E-state index contributed by atoms with van der Waals surface area (Å²) in [6, 6.07) is 7.43. The molecule has 1 aromatic rings. The van der Waals surface area contributed by atoms with Crippen molar-refractivity contribution in [2.75, 3.05) is 13.6 Å². The first-order chi connectivity index (χ1) is 7.33. The van der Waals surface area contributed by atoms with Crippen molar-refractivity contribution in [3.8, 4) is 11.8 Å². The maximum atomic E-state index is 11.5. The normalized spacial score (nSPS) is 12.9. The van der Waals surface area contributed by atoms with Crippen LogP contribution < -0.4 is 15.9 Å². The molecular formula is C12H10N2O. The number of nitrogens with one attached hydrogen (secondary N) is 1. The molecule has 0 saturated carbocycles. The molecule has 1 aliphatic rings. The lowest BCUT2D eigenvalue weighted by Gasteiger charge is -1.86. The number of carbonyl (C=O) groups is 1. The Balaban J connectivity index is 2.55. The van der Waals surface area contributed by atoms with Crippen molar-refractivity contribution in [3.63, 3.8) is 0 Å². The average Bonchev–Trinajstić information content (AvgIpc) is 2.56. The zero-order valence-corrected chi connectivity index (χ0v) is 8.37. The Hall–Kier alpha value is -1.92. The molecule has 1 amide bonds. The highest BCUT2D eigenvalue weighted by atomic mass is 16.1. The molecule has 0 spiro atoms. The molecule has 1 aliphatic heterocycles. The molecule has 3 heteroatoms. The van der Waals surface area contributed by atoms with E-state index in [-0.39, 0.29) is 5.91 Å². The summed E-state index contributed by atoms with van der Waals surface area (Å²) in [6.45, 7) is 0.568. The van der Waals surface area contributed by atoms with E-state index in [0.29, 0.717) is 12.1 Å². The Kier molecular flexibility index (Phi) is 2.61. The molecule has 0 aromatic heterocycles. The molecule has 2 rings (SSSR count). The molecule has 0 atom stereocenters. The predicted molar refractivity (Wildman–Crippen MR) is 57.3 cm³/mol. The van der Waals surface area contributed by atoms with Gasteiger partial charge in [-0.1, -0.05) is 30.0 Å². The third-order valence-electron chi connectivity index (χ3n) is 2.09. The highest BCUT2D eigenvalue weighted by Gasteiger charge is 2.12. The lowest BCUT2D eigenvalue weighted by atomic mass is 10.2. The van der Waals surface area contributed by atoms with Gasteiger partial charge < -0.3 is 5.32 Å². The van der Waals surface area contributed by atoms with Crippen LogP contribution in [0.1, 0.15) is 0 Å². The fraction of sp³-hybridized carbons (Fsp3) is 0.167. The molecule has 74 valence electrons. The van der Waals surface area contributed by atoms with Crippen molar-refractivity contribution >= 4 is 11.5 Å². The molecule has 0 unspecified atom stereocenters. The summed E-state index contributed by atoms with van der Waals surface area (Å²) >= 11 is 0. The van der Waals surface area contributed by atoms with Gasteiger partial charge >= 0.3 is 0 Å². The fourth-order valence-corrected chi connectivity index (χ4v) is 1.40. The first-order valence-electron chi connectivity index (χ1n) is 4.69. The number of nitrogens with zero attached hydrogens (tertiary/aromatic N) is 1. The molecule has 3 nitrogen and oxygen atoms in total. The minimum Gasteiger partial charge on any atom is -0.309 e. The van der Waals surface area contributed by atoms with Crippen molar-refractivity contribution in [1.29, 1.82) is 0 Å². The smallest absolute Gasteiger partial charge is 0.286 e. The zero-order valence-electron chi connectivity index (χ0n) is 8.37. The lowest BCUT2D eigenvalue weighted by Crippen LogP contribution is -2.21. The van der Waals surface area contributed by atoms with E-state index in [2.05, 4.69) is 22.2 Å². The van der Waals surface area contributed by atoms with E-state index in [4.69, 9.17) is 0 Å². The maximum absolute atomic E-state index is 11.5. The second-order valence-electron chi connectivity index (χ2n) is 3.14. The number of benzene rings is 1. The number of hydrogen-bond donors (Lipinski definition) is 1. The highest BCUT2D eigenvalue weighted by Crippen LogP contribution is 1.97. The van der Waals surface area contributed by atoms with Crippen molar-refractivity contribution in [2.45, 2.75) is 0 Å². The number of hydrogen-bond acceptors (Lipinski definition) is 2. The van der Waals surface area contributed by atoms with E-state index >= 15 is 0 Å². The summed E-state index contributed by atoms with van der Waals surface area (Å²) in [5, 5.41) is 4.46. The molecule has 0 bridgehead atoms. The van der Waals surface area contributed by atoms with Crippen LogP contribution >= 0.6 is 0 Å². The zero-order chi connectivity index (χ0) is 10.7. The van der Waals surface area contributed by atoms with Gasteiger partial charge in [0.25, 0.3) is 5.91 Å². The third-order valence-corrected chi connectivity index (χ3v) is 2.09. The monoisotopic (exact) mass is 198 g/mol. The van der Waals surface area contributed by atoms with Gasteiger partial charge in [-0.2, -0.15) is 0 Å². The average molecular weight is 198 g/mol. The molecule has 0 aliphatic carbocycles.